The van der Waals surface area contributed by atoms with Crippen LogP contribution in [0.4, 0.5) is 0 Å². The standard InChI is InChI=1S/C8H13NO3S/c1-3-12-5-9-7(10)4-6(13-2)8(9)11/h4,10-11H,3,5H2,1-2H3. The van der Waals surface area contributed by atoms with Gasteiger partial charge in [0, 0.05) is 12.7 Å². The SMILES string of the molecule is CCOCn1c(O)cc(SC)c1O. The molecule has 1 aromatic heterocycles. The van der Waals surface area contributed by atoms with Gasteiger partial charge < -0.3 is 14.9 Å². The molecule has 0 aliphatic rings. The molecule has 0 radical (unpaired) electrons. The van der Waals surface area contributed by atoms with Crippen LogP contribution < -0.4 is 0 Å². The summed E-state index contributed by atoms with van der Waals surface area (Å²) in [4.78, 5) is 0.650. The maximum Gasteiger partial charge on any atom is 0.209 e. The highest BCUT2D eigenvalue weighted by atomic mass is 32.2. The Labute approximate surface area is 81.1 Å². The van der Waals surface area contributed by atoms with Crippen LogP contribution in [0.1, 0.15) is 6.92 Å². The predicted molar refractivity (Wildman–Crippen MR) is 51.2 cm³/mol. The van der Waals surface area contributed by atoms with Gasteiger partial charge in [-0.15, -0.1) is 11.8 Å². The van der Waals surface area contributed by atoms with Crippen molar-refractivity contribution in [2.75, 3.05) is 12.9 Å². The van der Waals surface area contributed by atoms with E-state index < -0.39 is 0 Å². The van der Waals surface area contributed by atoms with E-state index in [1.54, 1.807) is 0 Å². The number of hydrogen-bond acceptors (Lipinski definition) is 4. The van der Waals surface area contributed by atoms with E-state index in [1.165, 1.54) is 22.4 Å². The van der Waals surface area contributed by atoms with E-state index in [0.29, 0.717) is 11.5 Å². The average Bonchev–Trinajstić information content (AvgIpc) is 2.39. The molecule has 0 bridgehead atoms. The van der Waals surface area contributed by atoms with Gasteiger partial charge in [-0.1, -0.05) is 0 Å². The van der Waals surface area contributed by atoms with Crippen LogP contribution in [-0.4, -0.2) is 27.6 Å². The van der Waals surface area contributed by atoms with Gasteiger partial charge >= 0.3 is 0 Å². The number of ether oxygens (including phenoxy) is 1. The molecule has 0 spiro atoms. The summed E-state index contributed by atoms with van der Waals surface area (Å²) in [5.41, 5.74) is 0. The van der Waals surface area contributed by atoms with Crippen LogP contribution in [0, 0.1) is 0 Å². The van der Waals surface area contributed by atoms with Crippen molar-refractivity contribution in [3.63, 3.8) is 0 Å². The first-order chi connectivity index (χ1) is 6.20. The van der Waals surface area contributed by atoms with Gasteiger partial charge in [0.25, 0.3) is 0 Å². The summed E-state index contributed by atoms with van der Waals surface area (Å²) >= 11 is 1.38. The maximum atomic E-state index is 9.54. The van der Waals surface area contributed by atoms with Gasteiger partial charge in [0.15, 0.2) is 5.88 Å². The molecule has 4 nitrogen and oxygen atoms in total. The van der Waals surface area contributed by atoms with Gasteiger partial charge in [-0.2, -0.15) is 0 Å². The molecule has 0 aliphatic heterocycles. The van der Waals surface area contributed by atoms with Crippen LogP contribution in [0.2, 0.25) is 0 Å². The lowest BCUT2D eigenvalue weighted by Gasteiger charge is -2.05. The Morgan fingerprint density at radius 1 is 1.54 bits per heavy atom. The van der Waals surface area contributed by atoms with E-state index in [-0.39, 0.29) is 18.5 Å². The lowest BCUT2D eigenvalue weighted by Crippen LogP contribution is -2.00. The summed E-state index contributed by atoms with van der Waals surface area (Å²) in [6.45, 7) is 2.58. The van der Waals surface area contributed by atoms with E-state index >= 15 is 0 Å². The summed E-state index contributed by atoms with van der Waals surface area (Å²) in [5.74, 6) is 0.0775. The molecule has 1 aromatic rings. The fourth-order valence-electron chi connectivity index (χ4n) is 0.961. The van der Waals surface area contributed by atoms with Crippen molar-refractivity contribution in [2.45, 2.75) is 18.6 Å². The molecule has 0 saturated carbocycles. The molecule has 0 atom stereocenters. The van der Waals surface area contributed by atoms with E-state index in [0.717, 1.165) is 0 Å². The Morgan fingerprint density at radius 2 is 2.23 bits per heavy atom. The van der Waals surface area contributed by atoms with Gasteiger partial charge in [-0.25, -0.2) is 0 Å². The third-order valence-electron chi connectivity index (χ3n) is 1.66. The monoisotopic (exact) mass is 203 g/mol. The fraction of sp³-hybridized carbons (Fsp3) is 0.500. The first kappa shape index (κ1) is 10.3. The molecule has 1 heterocycles. The Bertz CT molecular complexity index is 285. The zero-order valence-electron chi connectivity index (χ0n) is 7.65. The van der Waals surface area contributed by atoms with Gasteiger partial charge in [-0.3, -0.25) is 4.57 Å². The van der Waals surface area contributed by atoms with Crippen LogP contribution in [0.3, 0.4) is 0 Å². The zero-order valence-corrected chi connectivity index (χ0v) is 8.47. The highest BCUT2D eigenvalue weighted by Crippen LogP contribution is 2.33. The highest BCUT2D eigenvalue weighted by Gasteiger charge is 2.12. The minimum atomic E-state index is 0.0234. The second-order valence-electron chi connectivity index (χ2n) is 2.44. The molecule has 0 unspecified atom stereocenters. The van der Waals surface area contributed by atoms with E-state index in [1.807, 2.05) is 13.2 Å². The van der Waals surface area contributed by atoms with Crippen LogP contribution in [-0.2, 0) is 11.5 Å². The lowest BCUT2D eigenvalue weighted by atomic mass is 10.6. The number of hydrogen-bond donors (Lipinski definition) is 2. The largest absolute Gasteiger partial charge is 0.494 e. The molecule has 74 valence electrons. The Balaban J connectivity index is 2.85. The van der Waals surface area contributed by atoms with Crippen LogP contribution in [0.15, 0.2) is 11.0 Å². The predicted octanol–water partition coefficient (Wildman–Crippen LogP) is 1.62. The summed E-state index contributed by atoms with van der Waals surface area (Å²) < 4.78 is 6.39. The highest BCUT2D eigenvalue weighted by molar-refractivity contribution is 7.98. The van der Waals surface area contributed by atoms with Crippen molar-refractivity contribution in [1.29, 1.82) is 0 Å². The molecule has 0 aliphatic carbocycles. The second-order valence-corrected chi connectivity index (χ2v) is 3.29. The van der Waals surface area contributed by atoms with Crippen molar-refractivity contribution >= 4 is 11.8 Å². The third kappa shape index (κ3) is 2.10. The molecule has 0 fully saturated rings. The van der Waals surface area contributed by atoms with Crippen molar-refractivity contribution in [2.24, 2.45) is 0 Å². The molecule has 5 heteroatoms. The van der Waals surface area contributed by atoms with Crippen molar-refractivity contribution in [1.82, 2.24) is 4.57 Å². The zero-order chi connectivity index (χ0) is 9.84. The second kappa shape index (κ2) is 4.43. The maximum absolute atomic E-state index is 9.54. The number of aromatic hydroxyl groups is 2. The molecule has 0 amide bonds. The normalized spacial score (nSPS) is 10.6. The molecule has 2 N–H and O–H groups in total. The van der Waals surface area contributed by atoms with Gasteiger partial charge in [0.1, 0.15) is 6.73 Å². The van der Waals surface area contributed by atoms with Crippen LogP contribution in [0.5, 0.6) is 11.8 Å². The minimum absolute atomic E-state index is 0.0234. The van der Waals surface area contributed by atoms with Crippen LogP contribution >= 0.6 is 11.8 Å². The summed E-state index contributed by atoms with van der Waals surface area (Å²) in [5, 5.41) is 18.9. The quantitative estimate of drug-likeness (QED) is 0.730. The van der Waals surface area contributed by atoms with Gasteiger partial charge in [0.05, 0.1) is 4.90 Å². The number of thioether (sulfide) groups is 1. The molecule has 0 aromatic carbocycles. The van der Waals surface area contributed by atoms with Crippen molar-refractivity contribution < 1.29 is 14.9 Å². The Hall–Kier alpha value is -0.810. The van der Waals surface area contributed by atoms with E-state index in [4.69, 9.17) is 4.74 Å². The smallest absolute Gasteiger partial charge is 0.209 e. The molecule has 13 heavy (non-hydrogen) atoms. The fourth-order valence-corrected chi connectivity index (χ4v) is 1.48. The van der Waals surface area contributed by atoms with Gasteiger partial charge in [0.2, 0.25) is 5.88 Å². The van der Waals surface area contributed by atoms with Crippen molar-refractivity contribution in [3.8, 4) is 11.8 Å². The number of nitrogens with zero attached hydrogens (tertiary/aromatic N) is 1. The van der Waals surface area contributed by atoms with Gasteiger partial charge in [-0.05, 0) is 13.2 Å². The molecule has 1 rings (SSSR count). The molecular weight excluding hydrogens is 190 g/mol. The number of aromatic nitrogens is 1. The first-order valence-corrected chi connectivity index (χ1v) is 5.16. The summed E-state index contributed by atoms with van der Waals surface area (Å²) in [6, 6.07) is 1.51. The van der Waals surface area contributed by atoms with Crippen molar-refractivity contribution in [3.05, 3.63) is 6.07 Å². The Kier molecular flexibility index (Phi) is 3.50. The first-order valence-electron chi connectivity index (χ1n) is 3.93. The topological polar surface area (TPSA) is 54.6 Å². The third-order valence-corrected chi connectivity index (χ3v) is 2.40. The van der Waals surface area contributed by atoms with E-state index in [9.17, 15) is 10.2 Å². The molecule has 0 saturated heterocycles. The minimum Gasteiger partial charge on any atom is -0.494 e. The number of rotatable bonds is 4. The molecular formula is C8H13NO3S. The summed E-state index contributed by atoms with van der Waals surface area (Å²) in [7, 11) is 0. The Morgan fingerprint density at radius 3 is 2.69 bits per heavy atom. The lowest BCUT2D eigenvalue weighted by molar-refractivity contribution is 0.0766. The van der Waals surface area contributed by atoms with E-state index in [2.05, 4.69) is 0 Å². The van der Waals surface area contributed by atoms with Crippen LogP contribution in [0.25, 0.3) is 0 Å². The average molecular weight is 203 g/mol. The summed E-state index contributed by atoms with van der Waals surface area (Å²) in [6.07, 6.45) is 1.83.